The lowest BCUT2D eigenvalue weighted by atomic mass is 9.84. The molecular formula is C30H36N2O5. The first-order valence-corrected chi connectivity index (χ1v) is 13.1. The summed E-state index contributed by atoms with van der Waals surface area (Å²) in [6.45, 7) is 3.05. The number of aliphatic hydroxyl groups is 1. The van der Waals surface area contributed by atoms with Crippen molar-refractivity contribution in [2.24, 2.45) is 5.92 Å². The minimum Gasteiger partial charge on any atom is -0.376 e. The zero-order chi connectivity index (χ0) is 25.6. The molecule has 37 heavy (non-hydrogen) atoms. The van der Waals surface area contributed by atoms with Crippen LogP contribution in [0.2, 0.25) is 0 Å². The maximum Gasteiger partial charge on any atom is 0.223 e. The van der Waals surface area contributed by atoms with Gasteiger partial charge in [0.25, 0.3) is 0 Å². The Morgan fingerprint density at radius 3 is 2.62 bits per heavy atom. The van der Waals surface area contributed by atoms with Gasteiger partial charge in [-0.3, -0.25) is 4.79 Å². The van der Waals surface area contributed by atoms with E-state index in [-0.39, 0.29) is 37.4 Å². The Labute approximate surface area is 218 Å². The molecule has 1 fully saturated rings. The number of rotatable bonds is 13. The molecule has 1 saturated heterocycles. The van der Waals surface area contributed by atoms with E-state index in [1.165, 1.54) is 11.1 Å². The van der Waals surface area contributed by atoms with E-state index in [1.54, 1.807) is 0 Å². The second-order valence-electron chi connectivity index (χ2n) is 10.0. The normalized spacial score (nSPS) is 26.8. The van der Waals surface area contributed by atoms with Crippen molar-refractivity contribution in [2.45, 2.75) is 56.3 Å². The number of carbonyl (C=O) groups is 1. The monoisotopic (exact) mass is 504 g/mol. The van der Waals surface area contributed by atoms with Crippen molar-refractivity contribution < 1.29 is 24.1 Å². The Morgan fingerprint density at radius 1 is 1.03 bits per heavy atom. The van der Waals surface area contributed by atoms with Gasteiger partial charge in [0.05, 0.1) is 25.9 Å². The molecular weight excluding hydrogens is 468 g/mol. The second kappa shape index (κ2) is 12.2. The lowest BCUT2D eigenvalue weighted by Gasteiger charge is -2.24. The highest BCUT2D eigenvalue weighted by Crippen LogP contribution is 2.49. The van der Waals surface area contributed by atoms with Gasteiger partial charge in [0.15, 0.2) is 6.29 Å². The number of carbonyl (C=O) groups excluding carboxylic acids is 1. The van der Waals surface area contributed by atoms with Crippen LogP contribution in [0.15, 0.2) is 78.9 Å². The topological polar surface area (TPSA) is 99.0 Å². The summed E-state index contributed by atoms with van der Waals surface area (Å²) in [6, 6.07) is 18.6. The van der Waals surface area contributed by atoms with Gasteiger partial charge < -0.3 is 30.0 Å². The number of amides is 1. The fraction of sp³-hybridized carbons (Fsp3) is 0.433. The van der Waals surface area contributed by atoms with E-state index in [9.17, 15) is 9.90 Å². The number of allylic oxidation sites excluding steroid dienone is 4. The van der Waals surface area contributed by atoms with Crippen LogP contribution in [0.1, 0.15) is 41.9 Å². The summed E-state index contributed by atoms with van der Waals surface area (Å²) in [6.07, 6.45) is 8.21. The Bertz CT molecular complexity index is 1100. The van der Waals surface area contributed by atoms with Crippen LogP contribution in [-0.4, -0.2) is 55.4 Å². The van der Waals surface area contributed by atoms with E-state index < -0.39 is 6.29 Å². The molecule has 3 aliphatic rings. The zero-order valence-corrected chi connectivity index (χ0v) is 21.2. The Morgan fingerprint density at radius 2 is 1.78 bits per heavy atom. The molecule has 0 radical (unpaired) electrons. The van der Waals surface area contributed by atoms with Crippen LogP contribution in [0, 0.1) is 5.92 Å². The van der Waals surface area contributed by atoms with Crippen LogP contribution >= 0.6 is 0 Å². The standard InChI is InChI=1S/C30H36N2O5/c1-20(36-17-26-24-13-7-5-11-22(24)23-12-6-8-14-25(23)26)30-27(32-30)15-28(33)31-19-35-18-29(34)37-16-21-9-3-2-4-10-21/h2-14,20,22,24,26-27,29-30,32,34H,15-19H2,1H3,(H,31,33). The Balaban J connectivity index is 0.975. The quantitative estimate of drug-likeness (QED) is 0.220. The number of aliphatic hydroxyl groups excluding tert-OH is 1. The number of hydrogen-bond donors (Lipinski definition) is 3. The molecule has 3 N–H and O–H groups in total. The van der Waals surface area contributed by atoms with Crippen LogP contribution in [0.5, 0.6) is 0 Å². The van der Waals surface area contributed by atoms with E-state index >= 15 is 0 Å². The first-order valence-electron chi connectivity index (χ1n) is 13.1. The first kappa shape index (κ1) is 25.8. The molecule has 5 rings (SSSR count). The summed E-state index contributed by atoms with van der Waals surface area (Å²) < 4.78 is 17.0. The van der Waals surface area contributed by atoms with Crippen LogP contribution < -0.4 is 10.6 Å². The van der Waals surface area contributed by atoms with E-state index in [2.05, 4.69) is 66.1 Å². The molecule has 0 spiro atoms. The zero-order valence-electron chi connectivity index (χ0n) is 21.2. The van der Waals surface area contributed by atoms with Gasteiger partial charge in [0, 0.05) is 30.3 Å². The van der Waals surface area contributed by atoms with Gasteiger partial charge in [-0.05, 0) is 29.5 Å². The molecule has 0 bridgehead atoms. The van der Waals surface area contributed by atoms with Crippen molar-refractivity contribution in [1.29, 1.82) is 0 Å². The molecule has 1 heterocycles. The van der Waals surface area contributed by atoms with Gasteiger partial charge >= 0.3 is 0 Å². The average Bonchev–Trinajstić information content (AvgIpc) is 3.62. The fourth-order valence-corrected chi connectivity index (χ4v) is 5.46. The van der Waals surface area contributed by atoms with Crippen molar-refractivity contribution in [3.8, 4) is 0 Å². The van der Waals surface area contributed by atoms with Gasteiger partial charge in [0.2, 0.25) is 5.91 Å². The average molecular weight is 505 g/mol. The molecule has 1 amide bonds. The van der Waals surface area contributed by atoms with Crippen molar-refractivity contribution in [1.82, 2.24) is 10.6 Å². The maximum absolute atomic E-state index is 12.3. The smallest absolute Gasteiger partial charge is 0.223 e. The highest BCUT2D eigenvalue weighted by Gasteiger charge is 2.43. The fourth-order valence-electron chi connectivity index (χ4n) is 5.46. The molecule has 2 aromatic rings. The van der Waals surface area contributed by atoms with E-state index in [0.717, 1.165) is 5.56 Å². The number of nitrogens with one attached hydrogen (secondary N) is 2. The minimum atomic E-state index is -1.05. The predicted molar refractivity (Wildman–Crippen MR) is 141 cm³/mol. The third-order valence-electron chi connectivity index (χ3n) is 7.49. The number of fused-ring (bicyclic) bond motifs is 3. The van der Waals surface area contributed by atoms with E-state index in [4.69, 9.17) is 14.2 Å². The highest BCUT2D eigenvalue weighted by molar-refractivity contribution is 5.77. The molecule has 0 aromatic heterocycles. The summed E-state index contributed by atoms with van der Waals surface area (Å²) in [5.74, 6) is 1.11. The van der Waals surface area contributed by atoms with Crippen LogP contribution in [0.3, 0.4) is 0 Å². The number of benzene rings is 2. The number of hydrogen-bond acceptors (Lipinski definition) is 6. The van der Waals surface area contributed by atoms with Crippen LogP contribution in [0.4, 0.5) is 0 Å². The third-order valence-corrected chi connectivity index (χ3v) is 7.49. The van der Waals surface area contributed by atoms with E-state index in [1.807, 2.05) is 30.3 Å². The number of ether oxygens (including phenoxy) is 3. The molecule has 0 saturated carbocycles. The summed E-state index contributed by atoms with van der Waals surface area (Å²) in [7, 11) is 0. The lowest BCUT2D eigenvalue weighted by Crippen LogP contribution is -2.30. The van der Waals surface area contributed by atoms with E-state index in [0.29, 0.717) is 37.4 Å². The van der Waals surface area contributed by atoms with Crippen LogP contribution in [0.25, 0.3) is 0 Å². The third kappa shape index (κ3) is 6.55. The first-order chi connectivity index (χ1) is 18.1. The largest absolute Gasteiger partial charge is 0.376 e. The van der Waals surface area contributed by atoms with Crippen molar-refractivity contribution >= 4 is 5.91 Å². The van der Waals surface area contributed by atoms with Gasteiger partial charge in [-0.25, -0.2) is 0 Å². The molecule has 2 aromatic carbocycles. The van der Waals surface area contributed by atoms with Gasteiger partial charge in [-0.15, -0.1) is 0 Å². The molecule has 2 aliphatic carbocycles. The van der Waals surface area contributed by atoms with Crippen molar-refractivity contribution in [3.63, 3.8) is 0 Å². The van der Waals surface area contributed by atoms with Gasteiger partial charge in [0.1, 0.15) is 6.73 Å². The molecule has 7 nitrogen and oxygen atoms in total. The van der Waals surface area contributed by atoms with Crippen molar-refractivity contribution in [3.05, 3.63) is 95.6 Å². The molecule has 1 aliphatic heterocycles. The van der Waals surface area contributed by atoms with Gasteiger partial charge in [-0.2, -0.15) is 0 Å². The van der Waals surface area contributed by atoms with Gasteiger partial charge in [-0.1, -0.05) is 78.9 Å². The Kier molecular flexibility index (Phi) is 8.48. The predicted octanol–water partition coefficient (Wildman–Crippen LogP) is 3.37. The molecule has 7 atom stereocenters. The lowest BCUT2D eigenvalue weighted by molar-refractivity contribution is -0.148. The maximum atomic E-state index is 12.3. The summed E-state index contributed by atoms with van der Waals surface area (Å²) in [5.41, 5.74) is 3.77. The highest BCUT2D eigenvalue weighted by atomic mass is 16.6. The summed E-state index contributed by atoms with van der Waals surface area (Å²) >= 11 is 0. The molecule has 7 heteroatoms. The summed E-state index contributed by atoms with van der Waals surface area (Å²) in [5, 5.41) is 16.0. The SMILES string of the molecule is CC(OCC1c2ccccc2C2C=CC=CC21)C1NC1CC(=O)NCOCC(O)OCc1ccccc1. The molecule has 7 unspecified atom stereocenters. The summed E-state index contributed by atoms with van der Waals surface area (Å²) in [4.78, 5) is 12.3. The minimum absolute atomic E-state index is 0.0142. The van der Waals surface area contributed by atoms with Crippen molar-refractivity contribution in [2.75, 3.05) is 19.9 Å². The Hall–Kier alpha value is -2.81. The molecule has 196 valence electrons. The van der Waals surface area contributed by atoms with Crippen LogP contribution in [-0.2, 0) is 25.6 Å². The second-order valence-corrected chi connectivity index (χ2v) is 10.0.